The summed E-state index contributed by atoms with van der Waals surface area (Å²) in [6.45, 7) is 4.93. The van der Waals surface area contributed by atoms with Crippen molar-refractivity contribution in [3.8, 4) is 5.75 Å². The molecule has 19 heavy (non-hydrogen) atoms. The molecule has 0 bridgehead atoms. The van der Waals surface area contributed by atoms with Gasteiger partial charge in [-0.05, 0) is 37.5 Å². The van der Waals surface area contributed by atoms with Crippen molar-refractivity contribution in [1.29, 1.82) is 0 Å². The van der Waals surface area contributed by atoms with E-state index < -0.39 is 0 Å². The highest BCUT2D eigenvalue weighted by Gasteiger charge is 2.30. The van der Waals surface area contributed by atoms with Gasteiger partial charge in [0.25, 0.3) is 0 Å². The normalized spacial score (nSPS) is 22.3. The Morgan fingerprint density at radius 2 is 2.00 bits per heavy atom. The van der Waals surface area contributed by atoms with Crippen LogP contribution < -0.4 is 15.6 Å². The molecule has 0 saturated carbocycles. The highest BCUT2D eigenvalue weighted by atomic mass is 16.5. The number of benzene rings is 1. The molecular formula is C15H22N2O2. The molecule has 1 amide bonds. The first-order valence-electron chi connectivity index (χ1n) is 6.98. The van der Waals surface area contributed by atoms with Gasteiger partial charge in [-0.25, -0.2) is 5.43 Å². The minimum atomic E-state index is 0.00635. The Morgan fingerprint density at radius 1 is 1.26 bits per heavy atom. The monoisotopic (exact) mass is 262 g/mol. The third-order valence-electron chi connectivity index (χ3n) is 3.51. The lowest BCUT2D eigenvalue weighted by Gasteiger charge is -2.12. The molecule has 4 heteroatoms. The molecule has 1 heterocycles. The van der Waals surface area contributed by atoms with Crippen LogP contribution in [0, 0.1) is 5.92 Å². The smallest absolute Gasteiger partial charge is 0.239 e. The van der Waals surface area contributed by atoms with Crippen molar-refractivity contribution in [3.05, 3.63) is 29.8 Å². The summed E-state index contributed by atoms with van der Waals surface area (Å²) in [5.74, 6) is 0.988. The number of ether oxygens (including phenoxy) is 1. The van der Waals surface area contributed by atoms with Gasteiger partial charge in [0.1, 0.15) is 5.75 Å². The van der Waals surface area contributed by atoms with Gasteiger partial charge in [-0.15, -0.1) is 0 Å². The Balaban J connectivity index is 1.89. The number of hydrazine groups is 1. The van der Waals surface area contributed by atoms with Gasteiger partial charge in [0.2, 0.25) is 5.91 Å². The third kappa shape index (κ3) is 3.70. The van der Waals surface area contributed by atoms with E-state index in [1.807, 2.05) is 31.2 Å². The van der Waals surface area contributed by atoms with E-state index in [4.69, 9.17) is 4.74 Å². The number of rotatable bonds is 6. The van der Waals surface area contributed by atoms with Crippen LogP contribution in [0.3, 0.4) is 0 Å². The van der Waals surface area contributed by atoms with Crippen LogP contribution in [0.1, 0.15) is 32.3 Å². The molecule has 0 aliphatic carbocycles. The molecule has 4 nitrogen and oxygen atoms in total. The average Bonchev–Trinajstić information content (AvgIpc) is 2.73. The topological polar surface area (TPSA) is 50.4 Å². The number of amides is 1. The molecule has 1 fully saturated rings. The van der Waals surface area contributed by atoms with Gasteiger partial charge in [0.05, 0.1) is 12.5 Å². The van der Waals surface area contributed by atoms with Crippen molar-refractivity contribution in [2.75, 3.05) is 6.61 Å². The van der Waals surface area contributed by atoms with Crippen LogP contribution in [-0.4, -0.2) is 18.6 Å². The molecule has 104 valence electrons. The Labute approximate surface area is 114 Å². The highest BCUT2D eigenvalue weighted by Crippen LogP contribution is 2.19. The number of hydrogen-bond acceptors (Lipinski definition) is 3. The second kappa shape index (κ2) is 6.57. The molecule has 0 aromatic heterocycles. The molecule has 0 spiro atoms. The minimum Gasteiger partial charge on any atom is -0.494 e. The molecule has 0 radical (unpaired) electrons. The van der Waals surface area contributed by atoms with Gasteiger partial charge in [-0.2, -0.15) is 0 Å². The summed E-state index contributed by atoms with van der Waals surface area (Å²) >= 11 is 0. The van der Waals surface area contributed by atoms with Gasteiger partial charge in [0, 0.05) is 6.04 Å². The lowest BCUT2D eigenvalue weighted by atomic mass is 9.94. The van der Waals surface area contributed by atoms with E-state index in [-0.39, 0.29) is 17.9 Å². The van der Waals surface area contributed by atoms with Crippen molar-refractivity contribution in [2.24, 2.45) is 5.92 Å². The number of carbonyl (C=O) groups excluding carboxylic acids is 1. The first-order chi connectivity index (χ1) is 9.20. The number of carbonyl (C=O) groups is 1. The van der Waals surface area contributed by atoms with Crippen LogP contribution in [-0.2, 0) is 11.2 Å². The van der Waals surface area contributed by atoms with Crippen LogP contribution in [0.4, 0.5) is 0 Å². The van der Waals surface area contributed by atoms with Crippen LogP contribution in [0.15, 0.2) is 24.3 Å². The molecule has 1 aromatic rings. The van der Waals surface area contributed by atoms with Crippen molar-refractivity contribution in [1.82, 2.24) is 10.9 Å². The second-order valence-corrected chi connectivity index (χ2v) is 5.08. The summed E-state index contributed by atoms with van der Waals surface area (Å²) in [4.78, 5) is 11.6. The van der Waals surface area contributed by atoms with Gasteiger partial charge in [0.15, 0.2) is 0 Å². The van der Waals surface area contributed by atoms with Gasteiger partial charge in [-0.1, -0.05) is 25.5 Å². The maximum absolute atomic E-state index is 11.6. The standard InChI is InChI=1S/C15H22N2O2/c1-3-4-9-19-13-7-5-12(6-8-13)10-14-11(2)16-17-15(14)18/h5-8,11,14,16H,3-4,9-10H2,1-2H3,(H,17,18). The predicted molar refractivity (Wildman–Crippen MR) is 74.8 cm³/mol. The molecule has 1 aromatic carbocycles. The van der Waals surface area contributed by atoms with Gasteiger partial charge >= 0.3 is 0 Å². The van der Waals surface area contributed by atoms with Crippen molar-refractivity contribution in [3.63, 3.8) is 0 Å². The zero-order valence-corrected chi connectivity index (χ0v) is 11.6. The van der Waals surface area contributed by atoms with E-state index in [0.717, 1.165) is 31.6 Å². The maximum atomic E-state index is 11.6. The van der Waals surface area contributed by atoms with Crippen molar-refractivity contribution in [2.45, 2.75) is 39.2 Å². The molecule has 1 aliphatic rings. The zero-order chi connectivity index (χ0) is 13.7. The minimum absolute atomic E-state index is 0.00635. The Hall–Kier alpha value is -1.55. The highest BCUT2D eigenvalue weighted by molar-refractivity contribution is 5.81. The van der Waals surface area contributed by atoms with Crippen molar-refractivity contribution < 1.29 is 9.53 Å². The lowest BCUT2D eigenvalue weighted by Crippen LogP contribution is -2.29. The lowest BCUT2D eigenvalue weighted by molar-refractivity contribution is -0.122. The first-order valence-corrected chi connectivity index (χ1v) is 6.98. The number of nitrogens with one attached hydrogen (secondary N) is 2. The van der Waals surface area contributed by atoms with E-state index in [1.54, 1.807) is 0 Å². The SMILES string of the molecule is CCCCOc1ccc(CC2C(=O)NNC2C)cc1. The van der Waals surface area contributed by atoms with Crippen LogP contribution in [0.5, 0.6) is 5.75 Å². The molecule has 1 aliphatic heterocycles. The quantitative estimate of drug-likeness (QED) is 0.771. The Bertz CT molecular complexity index is 417. The molecule has 2 unspecified atom stereocenters. The summed E-state index contributed by atoms with van der Waals surface area (Å²) in [7, 11) is 0. The van der Waals surface area contributed by atoms with Gasteiger partial charge < -0.3 is 4.74 Å². The fraction of sp³-hybridized carbons (Fsp3) is 0.533. The van der Waals surface area contributed by atoms with E-state index in [2.05, 4.69) is 17.8 Å². The Morgan fingerprint density at radius 3 is 2.58 bits per heavy atom. The third-order valence-corrected chi connectivity index (χ3v) is 3.51. The zero-order valence-electron chi connectivity index (χ0n) is 11.6. The summed E-state index contributed by atoms with van der Waals surface area (Å²) in [6, 6.07) is 8.22. The summed E-state index contributed by atoms with van der Waals surface area (Å²) in [6.07, 6.45) is 2.97. The van der Waals surface area contributed by atoms with Gasteiger partial charge in [-0.3, -0.25) is 10.2 Å². The second-order valence-electron chi connectivity index (χ2n) is 5.08. The van der Waals surface area contributed by atoms with Crippen LogP contribution >= 0.6 is 0 Å². The van der Waals surface area contributed by atoms with Crippen LogP contribution in [0.25, 0.3) is 0 Å². The summed E-state index contributed by atoms with van der Waals surface area (Å²) in [5, 5.41) is 0. The maximum Gasteiger partial charge on any atom is 0.239 e. The predicted octanol–water partition coefficient (Wildman–Crippen LogP) is 2.05. The average molecular weight is 262 g/mol. The largest absolute Gasteiger partial charge is 0.494 e. The van der Waals surface area contributed by atoms with Crippen LogP contribution in [0.2, 0.25) is 0 Å². The molecule has 2 atom stereocenters. The first kappa shape index (κ1) is 13.9. The van der Waals surface area contributed by atoms with Crippen molar-refractivity contribution >= 4 is 5.91 Å². The van der Waals surface area contributed by atoms with E-state index in [1.165, 1.54) is 5.56 Å². The summed E-state index contributed by atoms with van der Waals surface area (Å²) in [5.41, 5.74) is 6.80. The fourth-order valence-corrected chi connectivity index (χ4v) is 2.18. The number of unbranched alkanes of at least 4 members (excludes halogenated alkanes) is 1. The Kier molecular flexibility index (Phi) is 4.80. The van der Waals surface area contributed by atoms with E-state index >= 15 is 0 Å². The molecule has 2 rings (SSSR count). The van der Waals surface area contributed by atoms with E-state index in [9.17, 15) is 4.79 Å². The molecule has 1 saturated heterocycles. The summed E-state index contributed by atoms with van der Waals surface area (Å²) < 4.78 is 5.62. The molecular weight excluding hydrogens is 240 g/mol. The molecule has 2 N–H and O–H groups in total. The fourth-order valence-electron chi connectivity index (χ4n) is 2.18. The van der Waals surface area contributed by atoms with E-state index in [0.29, 0.717) is 0 Å². The number of hydrogen-bond donors (Lipinski definition) is 2.